The van der Waals surface area contributed by atoms with Gasteiger partial charge >= 0.3 is 6.09 Å². The van der Waals surface area contributed by atoms with Crippen molar-refractivity contribution in [2.45, 2.75) is 52.2 Å². The first kappa shape index (κ1) is 13.7. The fourth-order valence-electron chi connectivity index (χ4n) is 0.987. The van der Waals surface area contributed by atoms with Crippen LogP contribution in [0.25, 0.3) is 0 Å². The van der Waals surface area contributed by atoms with Crippen molar-refractivity contribution in [3.05, 3.63) is 0 Å². The van der Waals surface area contributed by atoms with Gasteiger partial charge in [0, 0.05) is 0 Å². The van der Waals surface area contributed by atoms with E-state index in [4.69, 9.17) is 4.74 Å². The quantitative estimate of drug-likeness (QED) is 0.739. The molecule has 0 aromatic carbocycles. The van der Waals surface area contributed by atoms with Gasteiger partial charge in [0.1, 0.15) is 5.60 Å². The van der Waals surface area contributed by atoms with E-state index in [1.807, 2.05) is 6.92 Å². The first-order valence-electron chi connectivity index (χ1n) is 4.96. The molecule has 0 bridgehead atoms. The molecule has 1 N–H and O–H groups in total. The van der Waals surface area contributed by atoms with Crippen LogP contribution in [-0.2, 0) is 9.53 Å². The largest absolute Gasteiger partial charge is 0.548 e. The lowest BCUT2D eigenvalue weighted by molar-refractivity contribution is -0.308. The average molecular weight is 216 g/mol. The monoisotopic (exact) mass is 216 g/mol. The summed E-state index contributed by atoms with van der Waals surface area (Å²) in [6, 6.07) is -0.982. The number of carboxylic acid groups (broad SMARTS) is 1. The molecule has 1 atom stereocenters. The van der Waals surface area contributed by atoms with Crippen LogP contribution >= 0.6 is 0 Å². The minimum absolute atomic E-state index is 0.335. The summed E-state index contributed by atoms with van der Waals surface area (Å²) in [6.07, 6.45) is 0.251. The highest BCUT2D eigenvalue weighted by molar-refractivity contribution is 5.78. The third kappa shape index (κ3) is 6.76. The van der Waals surface area contributed by atoms with Crippen LogP contribution in [0.1, 0.15) is 40.5 Å². The molecule has 0 heterocycles. The van der Waals surface area contributed by atoms with E-state index in [0.29, 0.717) is 12.8 Å². The number of alkyl carbamates (subject to hydrolysis) is 1. The van der Waals surface area contributed by atoms with Crippen molar-refractivity contribution in [2.75, 3.05) is 0 Å². The van der Waals surface area contributed by atoms with Gasteiger partial charge in [-0.3, -0.25) is 0 Å². The highest BCUT2D eigenvalue weighted by atomic mass is 16.6. The van der Waals surface area contributed by atoms with E-state index in [1.165, 1.54) is 0 Å². The number of nitrogens with one attached hydrogen (secondary N) is 1. The molecule has 0 saturated carbocycles. The maximum absolute atomic E-state index is 11.2. The zero-order valence-electron chi connectivity index (χ0n) is 9.62. The second kappa shape index (κ2) is 5.58. The second-order valence-corrected chi connectivity index (χ2v) is 4.31. The SMILES string of the molecule is CCC[C@H](NC(=O)OC(C)(C)C)C(=O)[O-]. The van der Waals surface area contributed by atoms with Crippen LogP contribution in [0.3, 0.4) is 0 Å². The standard InChI is InChI=1S/C10H19NO4/c1-5-6-7(8(12)13)11-9(14)15-10(2,3)4/h7H,5-6H2,1-4H3,(H,11,14)(H,12,13)/p-1/t7-/m0/s1. The predicted octanol–water partition coefficient (Wildman–Crippen LogP) is 0.430. The molecule has 0 aromatic rings. The number of carbonyl (C=O) groups is 2. The van der Waals surface area contributed by atoms with Crippen LogP contribution in [0.5, 0.6) is 0 Å². The highest BCUT2D eigenvalue weighted by Gasteiger charge is 2.19. The first-order chi connectivity index (χ1) is 6.76. The molecule has 0 aliphatic rings. The number of hydrogen-bond donors (Lipinski definition) is 1. The van der Waals surface area contributed by atoms with Gasteiger partial charge in [0.2, 0.25) is 0 Å². The van der Waals surface area contributed by atoms with Crippen molar-refractivity contribution in [3.8, 4) is 0 Å². The molecule has 0 rings (SSSR count). The normalized spacial score (nSPS) is 13.1. The fraction of sp³-hybridized carbons (Fsp3) is 0.800. The van der Waals surface area contributed by atoms with Gasteiger partial charge in [0.05, 0.1) is 12.0 Å². The molecular weight excluding hydrogens is 198 g/mol. The van der Waals surface area contributed by atoms with Crippen LogP contribution in [-0.4, -0.2) is 23.7 Å². The van der Waals surface area contributed by atoms with E-state index < -0.39 is 23.7 Å². The Morgan fingerprint density at radius 2 is 1.93 bits per heavy atom. The maximum Gasteiger partial charge on any atom is 0.408 e. The van der Waals surface area contributed by atoms with E-state index in [0.717, 1.165) is 0 Å². The van der Waals surface area contributed by atoms with Gasteiger partial charge < -0.3 is 20.0 Å². The Morgan fingerprint density at radius 1 is 1.40 bits per heavy atom. The molecule has 0 fully saturated rings. The lowest BCUT2D eigenvalue weighted by atomic mass is 10.2. The lowest BCUT2D eigenvalue weighted by Gasteiger charge is -2.23. The number of carboxylic acids is 1. The Balaban J connectivity index is 4.18. The van der Waals surface area contributed by atoms with E-state index in [9.17, 15) is 14.7 Å². The molecule has 5 heteroatoms. The number of ether oxygens (including phenoxy) is 1. The van der Waals surface area contributed by atoms with Crippen molar-refractivity contribution >= 4 is 12.1 Å². The molecule has 0 spiro atoms. The summed E-state index contributed by atoms with van der Waals surface area (Å²) in [5.41, 5.74) is -0.632. The molecule has 88 valence electrons. The van der Waals surface area contributed by atoms with E-state index >= 15 is 0 Å². The minimum atomic E-state index is -1.29. The van der Waals surface area contributed by atoms with Crippen molar-refractivity contribution in [3.63, 3.8) is 0 Å². The van der Waals surface area contributed by atoms with Gasteiger partial charge in [-0.15, -0.1) is 0 Å². The predicted molar refractivity (Wildman–Crippen MR) is 53.1 cm³/mol. The molecule has 0 unspecified atom stereocenters. The Labute approximate surface area is 89.8 Å². The first-order valence-corrected chi connectivity index (χ1v) is 4.96. The van der Waals surface area contributed by atoms with Gasteiger partial charge in [0.15, 0.2) is 0 Å². The van der Waals surface area contributed by atoms with Crippen molar-refractivity contribution in [1.29, 1.82) is 0 Å². The molecule has 1 amide bonds. The van der Waals surface area contributed by atoms with Gasteiger partial charge in [-0.25, -0.2) is 4.79 Å². The molecule has 0 aliphatic heterocycles. The topological polar surface area (TPSA) is 78.5 Å². The molecule has 15 heavy (non-hydrogen) atoms. The smallest absolute Gasteiger partial charge is 0.408 e. The molecule has 5 nitrogen and oxygen atoms in total. The Morgan fingerprint density at radius 3 is 2.27 bits per heavy atom. The van der Waals surface area contributed by atoms with Crippen molar-refractivity contribution in [2.24, 2.45) is 0 Å². The van der Waals surface area contributed by atoms with E-state index in [2.05, 4.69) is 5.32 Å². The molecular formula is C10H18NO4-. The van der Waals surface area contributed by atoms with Crippen LogP contribution in [0.15, 0.2) is 0 Å². The summed E-state index contributed by atoms with van der Waals surface area (Å²) in [4.78, 5) is 21.8. The second-order valence-electron chi connectivity index (χ2n) is 4.31. The maximum atomic E-state index is 11.2. The van der Waals surface area contributed by atoms with E-state index in [1.54, 1.807) is 20.8 Å². The summed E-state index contributed by atoms with van der Waals surface area (Å²) in [5, 5.41) is 12.9. The summed E-state index contributed by atoms with van der Waals surface area (Å²) in [5.74, 6) is -1.29. The third-order valence-electron chi connectivity index (χ3n) is 1.55. The molecule has 0 radical (unpaired) electrons. The van der Waals surface area contributed by atoms with Gasteiger partial charge in [0.25, 0.3) is 0 Å². The van der Waals surface area contributed by atoms with Crippen molar-refractivity contribution in [1.82, 2.24) is 5.32 Å². The van der Waals surface area contributed by atoms with Gasteiger partial charge in [-0.2, -0.15) is 0 Å². The average Bonchev–Trinajstić information content (AvgIpc) is 1.99. The molecule has 0 aliphatic carbocycles. The van der Waals surface area contributed by atoms with Crippen LogP contribution < -0.4 is 10.4 Å². The summed E-state index contributed by atoms with van der Waals surface area (Å²) >= 11 is 0. The van der Waals surface area contributed by atoms with E-state index in [-0.39, 0.29) is 0 Å². The summed E-state index contributed by atoms with van der Waals surface area (Å²) in [6.45, 7) is 6.95. The molecule has 0 aromatic heterocycles. The van der Waals surface area contributed by atoms with Crippen LogP contribution in [0.4, 0.5) is 4.79 Å². The molecule has 0 saturated heterocycles. The zero-order chi connectivity index (χ0) is 12.1. The Kier molecular flexibility index (Phi) is 5.11. The van der Waals surface area contributed by atoms with Gasteiger partial charge in [-0.1, -0.05) is 13.3 Å². The number of aliphatic carboxylic acids is 1. The Hall–Kier alpha value is -1.26. The number of rotatable bonds is 4. The number of amides is 1. The summed E-state index contributed by atoms with van der Waals surface area (Å²) in [7, 11) is 0. The fourth-order valence-corrected chi connectivity index (χ4v) is 0.987. The summed E-state index contributed by atoms with van der Waals surface area (Å²) < 4.78 is 4.92. The van der Waals surface area contributed by atoms with Gasteiger partial charge in [-0.05, 0) is 27.2 Å². The lowest BCUT2D eigenvalue weighted by Crippen LogP contribution is -2.49. The van der Waals surface area contributed by atoms with Crippen LogP contribution in [0.2, 0.25) is 0 Å². The van der Waals surface area contributed by atoms with Crippen molar-refractivity contribution < 1.29 is 19.4 Å². The minimum Gasteiger partial charge on any atom is -0.548 e. The number of hydrogen-bond acceptors (Lipinski definition) is 4. The zero-order valence-corrected chi connectivity index (χ0v) is 9.62. The highest BCUT2D eigenvalue weighted by Crippen LogP contribution is 2.07. The third-order valence-corrected chi connectivity index (χ3v) is 1.55. The number of carbonyl (C=O) groups excluding carboxylic acids is 2. The van der Waals surface area contributed by atoms with Crippen LogP contribution in [0, 0.1) is 0 Å². The Bertz CT molecular complexity index is 232.